The lowest BCUT2D eigenvalue weighted by molar-refractivity contribution is 0.0601. The molecule has 22 heavy (non-hydrogen) atoms. The van der Waals surface area contributed by atoms with Crippen LogP contribution in [0, 0.1) is 0 Å². The Morgan fingerprint density at radius 3 is 2.68 bits per heavy atom. The van der Waals surface area contributed by atoms with Gasteiger partial charge < -0.3 is 14.8 Å². The second kappa shape index (κ2) is 7.21. The number of hydrogen-bond acceptors (Lipinski definition) is 5. The van der Waals surface area contributed by atoms with Crippen molar-refractivity contribution in [2.24, 2.45) is 0 Å². The third kappa shape index (κ3) is 3.41. The van der Waals surface area contributed by atoms with E-state index >= 15 is 0 Å². The zero-order chi connectivity index (χ0) is 15.9. The van der Waals surface area contributed by atoms with Crippen molar-refractivity contribution < 1.29 is 19.1 Å². The van der Waals surface area contributed by atoms with Crippen molar-refractivity contribution in [1.82, 2.24) is 4.98 Å². The van der Waals surface area contributed by atoms with Crippen LogP contribution in [-0.4, -0.2) is 30.6 Å². The van der Waals surface area contributed by atoms with Gasteiger partial charge in [0.1, 0.15) is 11.3 Å². The molecule has 2 aromatic rings. The van der Waals surface area contributed by atoms with Crippen molar-refractivity contribution in [3.05, 3.63) is 53.9 Å². The molecule has 2 rings (SSSR count). The van der Waals surface area contributed by atoms with E-state index in [-0.39, 0.29) is 11.5 Å². The van der Waals surface area contributed by atoms with Crippen molar-refractivity contribution in [3.8, 4) is 5.75 Å². The maximum absolute atomic E-state index is 12.4. The molecule has 0 aliphatic heterocycles. The second-order valence-corrected chi connectivity index (χ2v) is 4.30. The van der Waals surface area contributed by atoms with Gasteiger partial charge in [0.2, 0.25) is 0 Å². The van der Waals surface area contributed by atoms with Crippen LogP contribution in [-0.2, 0) is 4.74 Å². The SMILES string of the molecule is CCOc1ccccc1C(=O)Nc1ccncc1C(=O)OC. The highest BCUT2D eigenvalue weighted by molar-refractivity contribution is 6.09. The first kappa shape index (κ1) is 15.5. The predicted molar refractivity (Wildman–Crippen MR) is 81.1 cm³/mol. The van der Waals surface area contributed by atoms with Gasteiger partial charge in [-0.25, -0.2) is 4.79 Å². The van der Waals surface area contributed by atoms with Gasteiger partial charge in [-0.05, 0) is 25.1 Å². The summed E-state index contributed by atoms with van der Waals surface area (Å²) in [6, 6.07) is 8.43. The number of para-hydroxylation sites is 1. The fourth-order valence-corrected chi connectivity index (χ4v) is 1.90. The summed E-state index contributed by atoms with van der Waals surface area (Å²) in [4.78, 5) is 28.0. The normalized spacial score (nSPS) is 9.91. The van der Waals surface area contributed by atoms with Crippen LogP contribution < -0.4 is 10.1 Å². The molecule has 1 aromatic heterocycles. The first-order chi connectivity index (χ1) is 10.7. The summed E-state index contributed by atoms with van der Waals surface area (Å²) in [7, 11) is 1.27. The smallest absolute Gasteiger partial charge is 0.341 e. The predicted octanol–water partition coefficient (Wildman–Crippen LogP) is 2.52. The fourth-order valence-electron chi connectivity index (χ4n) is 1.90. The molecule has 6 heteroatoms. The lowest BCUT2D eigenvalue weighted by Crippen LogP contribution is -2.16. The molecule has 0 atom stereocenters. The third-order valence-corrected chi connectivity index (χ3v) is 2.91. The number of anilines is 1. The number of carbonyl (C=O) groups excluding carboxylic acids is 2. The second-order valence-electron chi connectivity index (χ2n) is 4.30. The lowest BCUT2D eigenvalue weighted by Gasteiger charge is -2.12. The van der Waals surface area contributed by atoms with Crippen molar-refractivity contribution in [3.63, 3.8) is 0 Å². The van der Waals surface area contributed by atoms with Crippen molar-refractivity contribution in [2.75, 3.05) is 19.0 Å². The highest BCUT2D eigenvalue weighted by atomic mass is 16.5. The highest BCUT2D eigenvalue weighted by Crippen LogP contribution is 2.21. The number of aromatic nitrogens is 1. The van der Waals surface area contributed by atoms with E-state index in [2.05, 4.69) is 15.0 Å². The molecule has 1 amide bonds. The number of amides is 1. The summed E-state index contributed by atoms with van der Waals surface area (Å²) < 4.78 is 10.1. The Balaban J connectivity index is 2.28. The number of nitrogens with one attached hydrogen (secondary N) is 1. The average molecular weight is 300 g/mol. The summed E-state index contributed by atoms with van der Waals surface area (Å²) in [5.74, 6) is -0.460. The van der Waals surface area contributed by atoms with Crippen LogP contribution >= 0.6 is 0 Å². The number of carbonyl (C=O) groups is 2. The fraction of sp³-hybridized carbons (Fsp3) is 0.188. The van der Waals surface area contributed by atoms with Crippen LogP contribution in [0.5, 0.6) is 5.75 Å². The number of methoxy groups -OCH3 is 1. The Bertz CT molecular complexity index is 685. The first-order valence-electron chi connectivity index (χ1n) is 6.72. The summed E-state index contributed by atoms with van der Waals surface area (Å²) in [5, 5.41) is 2.68. The van der Waals surface area contributed by atoms with Gasteiger partial charge in [-0.15, -0.1) is 0 Å². The number of ether oxygens (including phenoxy) is 2. The monoisotopic (exact) mass is 300 g/mol. The Labute approximate surface area is 128 Å². The molecule has 0 unspecified atom stereocenters. The summed E-state index contributed by atoms with van der Waals surface area (Å²) >= 11 is 0. The van der Waals surface area contributed by atoms with Crippen LogP contribution in [0.2, 0.25) is 0 Å². The Morgan fingerprint density at radius 1 is 1.18 bits per heavy atom. The minimum Gasteiger partial charge on any atom is -0.493 e. The molecule has 0 aliphatic carbocycles. The number of benzene rings is 1. The first-order valence-corrected chi connectivity index (χ1v) is 6.72. The molecular formula is C16H16N2O4. The summed E-state index contributed by atoms with van der Waals surface area (Å²) in [6.45, 7) is 2.29. The molecule has 0 aliphatic rings. The number of rotatable bonds is 5. The van der Waals surface area contributed by atoms with Gasteiger partial charge >= 0.3 is 5.97 Å². The molecule has 0 radical (unpaired) electrons. The molecule has 1 aromatic carbocycles. The highest BCUT2D eigenvalue weighted by Gasteiger charge is 2.17. The van der Waals surface area contributed by atoms with Crippen LogP contribution in [0.25, 0.3) is 0 Å². The van der Waals surface area contributed by atoms with E-state index in [1.807, 2.05) is 6.92 Å². The molecule has 0 saturated carbocycles. The van der Waals surface area contributed by atoms with E-state index in [9.17, 15) is 9.59 Å². The molecule has 6 nitrogen and oxygen atoms in total. The topological polar surface area (TPSA) is 77.5 Å². The maximum atomic E-state index is 12.4. The average Bonchev–Trinajstić information content (AvgIpc) is 2.55. The number of nitrogens with zero attached hydrogens (tertiary/aromatic N) is 1. The zero-order valence-electron chi connectivity index (χ0n) is 12.3. The van der Waals surface area contributed by atoms with E-state index in [1.54, 1.807) is 24.3 Å². The van der Waals surface area contributed by atoms with E-state index in [0.29, 0.717) is 23.6 Å². The molecule has 0 spiro atoms. The summed E-state index contributed by atoms with van der Waals surface area (Å²) in [5.41, 5.74) is 0.905. The minimum atomic E-state index is -0.568. The van der Waals surface area contributed by atoms with E-state index in [4.69, 9.17) is 4.74 Å². The third-order valence-electron chi connectivity index (χ3n) is 2.91. The van der Waals surface area contributed by atoms with Gasteiger partial charge in [-0.3, -0.25) is 9.78 Å². The molecule has 0 saturated heterocycles. The van der Waals surface area contributed by atoms with Crippen LogP contribution in [0.4, 0.5) is 5.69 Å². The standard InChI is InChI=1S/C16H16N2O4/c1-3-22-14-7-5-4-6-11(14)15(19)18-13-8-9-17-10-12(13)16(20)21-2/h4-10H,3H2,1-2H3,(H,17,18,19). The molecule has 0 fully saturated rings. The number of hydrogen-bond donors (Lipinski definition) is 1. The number of esters is 1. The van der Waals surface area contributed by atoms with Gasteiger partial charge in [-0.2, -0.15) is 0 Å². The maximum Gasteiger partial charge on any atom is 0.341 e. The van der Waals surface area contributed by atoms with Crippen LogP contribution in [0.1, 0.15) is 27.6 Å². The zero-order valence-corrected chi connectivity index (χ0v) is 12.3. The van der Waals surface area contributed by atoms with E-state index < -0.39 is 5.97 Å². The largest absolute Gasteiger partial charge is 0.493 e. The van der Waals surface area contributed by atoms with Gasteiger partial charge in [0.25, 0.3) is 5.91 Å². The molecule has 1 N–H and O–H groups in total. The van der Waals surface area contributed by atoms with Gasteiger partial charge in [-0.1, -0.05) is 12.1 Å². The quantitative estimate of drug-likeness (QED) is 0.858. The van der Waals surface area contributed by atoms with Crippen LogP contribution in [0.3, 0.4) is 0 Å². The van der Waals surface area contributed by atoms with Crippen molar-refractivity contribution in [2.45, 2.75) is 6.92 Å². The van der Waals surface area contributed by atoms with Crippen molar-refractivity contribution in [1.29, 1.82) is 0 Å². The van der Waals surface area contributed by atoms with Gasteiger partial charge in [0.05, 0.1) is 25.0 Å². The van der Waals surface area contributed by atoms with Gasteiger partial charge in [0.15, 0.2) is 0 Å². The molecule has 1 heterocycles. The summed E-state index contributed by atoms with van der Waals surface area (Å²) in [6.07, 6.45) is 2.83. The Kier molecular flexibility index (Phi) is 5.08. The molecule has 114 valence electrons. The molecular weight excluding hydrogens is 284 g/mol. The number of pyridine rings is 1. The minimum absolute atomic E-state index is 0.187. The van der Waals surface area contributed by atoms with Gasteiger partial charge in [0, 0.05) is 12.4 Å². The van der Waals surface area contributed by atoms with E-state index in [1.165, 1.54) is 25.6 Å². The Hall–Kier alpha value is -2.89. The van der Waals surface area contributed by atoms with Crippen molar-refractivity contribution >= 4 is 17.6 Å². The molecule has 0 bridgehead atoms. The lowest BCUT2D eigenvalue weighted by atomic mass is 10.1. The Morgan fingerprint density at radius 2 is 1.95 bits per heavy atom. The van der Waals surface area contributed by atoms with Crippen LogP contribution in [0.15, 0.2) is 42.7 Å². The van der Waals surface area contributed by atoms with E-state index in [0.717, 1.165) is 0 Å².